The van der Waals surface area contributed by atoms with Gasteiger partial charge < -0.3 is 16.0 Å². The molecule has 0 heterocycles. The SMILES string of the molecule is CCCC(=O)Nc1cccc(NCC(=O)NC)c1. The standard InChI is InChI=1S/C13H19N3O2/c1-3-5-12(17)16-11-7-4-6-10(8-11)15-9-13(18)14-2/h4,6-8,15H,3,5,9H2,1-2H3,(H,14,18)(H,16,17). The van der Waals surface area contributed by atoms with Gasteiger partial charge in [0.2, 0.25) is 11.8 Å². The minimum absolute atomic E-state index is 0.000881. The molecule has 0 radical (unpaired) electrons. The summed E-state index contributed by atoms with van der Waals surface area (Å²) in [4.78, 5) is 22.5. The molecule has 1 aromatic rings. The van der Waals surface area contributed by atoms with Crippen molar-refractivity contribution in [2.75, 3.05) is 24.2 Å². The maximum Gasteiger partial charge on any atom is 0.239 e. The third-order valence-corrected chi connectivity index (χ3v) is 2.36. The summed E-state index contributed by atoms with van der Waals surface area (Å²) in [5.74, 6) is -0.0867. The summed E-state index contributed by atoms with van der Waals surface area (Å²) in [6, 6.07) is 7.29. The lowest BCUT2D eigenvalue weighted by Gasteiger charge is -2.08. The van der Waals surface area contributed by atoms with Gasteiger partial charge >= 0.3 is 0 Å². The highest BCUT2D eigenvalue weighted by Gasteiger charge is 2.02. The van der Waals surface area contributed by atoms with Crippen molar-refractivity contribution in [3.63, 3.8) is 0 Å². The Kier molecular flexibility index (Phi) is 5.70. The maximum atomic E-state index is 11.4. The smallest absolute Gasteiger partial charge is 0.239 e. The summed E-state index contributed by atoms with van der Waals surface area (Å²) >= 11 is 0. The second-order valence-electron chi connectivity index (χ2n) is 3.91. The molecule has 2 amide bonds. The van der Waals surface area contributed by atoms with Crippen molar-refractivity contribution >= 4 is 23.2 Å². The largest absolute Gasteiger partial charge is 0.376 e. The first-order chi connectivity index (χ1) is 8.65. The molecule has 0 fully saturated rings. The van der Waals surface area contributed by atoms with Gasteiger partial charge in [0, 0.05) is 24.8 Å². The number of carbonyl (C=O) groups is 2. The van der Waals surface area contributed by atoms with E-state index in [4.69, 9.17) is 0 Å². The van der Waals surface area contributed by atoms with Gasteiger partial charge in [0.15, 0.2) is 0 Å². The number of carbonyl (C=O) groups excluding carboxylic acids is 2. The second-order valence-corrected chi connectivity index (χ2v) is 3.91. The van der Waals surface area contributed by atoms with Crippen LogP contribution in [0.25, 0.3) is 0 Å². The number of hydrogen-bond donors (Lipinski definition) is 3. The molecular formula is C13H19N3O2. The van der Waals surface area contributed by atoms with Crippen LogP contribution < -0.4 is 16.0 Å². The van der Waals surface area contributed by atoms with E-state index in [9.17, 15) is 9.59 Å². The van der Waals surface area contributed by atoms with Gasteiger partial charge in [0.05, 0.1) is 6.54 Å². The Morgan fingerprint density at radius 2 is 1.89 bits per heavy atom. The fourth-order valence-electron chi connectivity index (χ4n) is 1.43. The van der Waals surface area contributed by atoms with Crippen LogP contribution in [0.1, 0.15) is 19.8 Å². The summed E-state index contributed by atoms with van der Waals surface area (Å²) in [6.45, 7) is 2.17. The Labute approximate surface area is 107 Å². The van der Waals surface area contributed by atoms with E-state index in [0.717, 1.165) is 17.8 Å². The number of hydrogen-bond acceptors (Lipinski definition) is 3. The van der Waals surface area contributed by atoms with Gasteiger partial charge in [-0.2, -0.15) is 0 Å². The van der Waals surface area contributed by atoms with Crippen molar-refractivity contribution in [3.05, 3.63) is 24.3 Å². The molecular weight excluding hydrogens is 230 g/mol. The van der Waals surface area contributed by atoms with E-state index in [-0.39, 0.29) is 18.4 Å². The molecule has 0 aliphatic carbocycles. The lowest BCUT2D eigenvalue weighted by molar-refractivity contribution is -0.119. The first kappa shape index (κ1) is 14.0. The van der Waals surface area contributed by atoms with Crippen molar-refractivity contribution in [2.24, 2.45) is 0 Å². The Hall–Kier alpha value is -2.04. The minimum atomic E-state index is -0.0876. The molecule has 3 N–H and O–H groups in total. The molecule has 0 aliphatic heterocycles. The summed E-state index contributed by atoms with van der Waals surface area (Å²) in [6.07, 6.45) is 1.33. The average molecular weight is 249 g/mol. The highest BCUT2D eigenvalue weighted by Crippen LogP contribution is 2.15. The Balaban J connectivity index is 2.56. The highest BCUT2D eigenvalue weighted by molar-refractivity contribution is 5.91. The van der Waals surface area contributed by atoms with Gasteiger partial charge in [-0.15, -0.1) is 0 Å². The van der Waals surface area contributed by atoms with Gasteiger partial charge in [-0.25, -0.2) is 0 Å². The van der Waals surface area contributed by atoms with E-state index in [1.165, 1.54) is 0 Å². The van der Waals surface area contributed by atoms with Crippen LogP contribution >= 0.6 is 0 Å². The Morgan fingerprint density at radius 3 is 2.56 bits per heavy atom. The normalized spacial score (nSPS) is 9.67. The first-order valence-corrected chi connectivity index (χ1v) is 6.00. The molecule has 0 spiro atoms. The molecule has 0 bridgehead atoms. The predicted molar refractivity (Wildman–Crippen MR) is 72.5 cm³/mol. The number of anilines is 2. The third-order valence-electron chi connectivity index (χ3n) is 2.36. The maximum absolute atomic E-state index is 11.4. The molecule has 0 saturated heterocycles. The van der Waals surface area contributed by atoms with E-state index in [1.807, 2.05) is 25.1 Å². The van der Waals surface area contributed by atoms with E-state index in [0.29, 0.717) is 6.42 Å². The van der Waals surface area contributed by atoms with Gasteiger partial charge in [-0.3, -0.25) is 9.59 Å². The van der Waals surface area contributed by atoms with Crippen molar-refractivity contribution in [2.45, 2.75) is 19.8 Å². The molecule has 0 aliphatic rings. The Bertz CT molecular complexity index is 418. The van der Waals surface area contributed by atoms with Crippen LogP contribution in [-0.4, -0.2) is 25.4 Å². The number of amides is 2. The summed E-state index contributed by atoms with van der Waals surface area (Å²) in [5, 5.41) is 8.31. The Morgan fingerprint density at radius 1 is 1.17 bits per heavy atom. The number of nitrogens with one attached hydrogen (secondary N) is 3. The van der Waals surface area contributed by atoms with Crippen LogP contribution in [0.5, 0.6) is 0 Å². The van der Waals surface area contributed by atoms with Crippen LogP contribution in [0.15, 0.2) is 24.3 Å². The van der Waals surface area contributed by atoms with Crippen LogP contribution in [0.3, 0.4) is 0 Å². The molecule has 0 atom stereocenters. The van der Waals surface area contributed by atoms with E-state index in [2.05, 4.69) is 16.0 Å². The summed E-state index contributed by atoms with van der Waals surface area (Å²) in [7, 11) is 1.59. The molecule has 0 unspecified atom stereocenters. The van der Waals surface area contributed by atoms with Gasteiger partial charge in [0.25, 0.3) is 0 Å². The topological polar surface area (TPSA) is 70.2 Å². The van der Waals surface area contributed by atoms with E-state index in [1.54, 1.807) is 13.1 Å². The van der Waals surface area contributed by atoms with Crippen LogP contribution in [0, 0.1) is 0 Å². The van der Waals surface area contributed by atoms with Crippen molar-refractivity contribution in [1.29, 1.82) is 0 Å². The molecule has 1 aromatic carbocycles. The van der Waals surface area contributed by atoms with Crippen molar-refractivity contribution < 1.29 is 9.59 Å². The lowest BCUT2D eigenvalue weighted by atomic mass is 10.2. The molecule has 5 nitrogen and oxygen atoms in total. The lowest BCUT2D eigenvalue weighted by Crippen LogP contribution is -2.26. The second kappa shape index (κ2) is 7.32. The average Bonchev–Trinajstić information content (AvgIpc) is 2.36. The van der Waals surface area contributed by atoms with Gasteiger partial charge in [0.1, 0.15) is 0 Å². The van der Waals surface area contributed by atoms with Crippen molar-refractivity contribution in [1.82, 2.24) is 5.32 Å². The first-order valence-electron chi connectivity index (χ1n) is 6.00. The molecule has 5 heteroatoms. The fraction of sp³-hybridized carbons (Fsp3) is 0.385. The van der Waals surface area contributed by atoms with Crippen LogP contribution in [0.4, 0.5) is 11.4 Å². The number of likely N-dealkylation sites (N-methyl/N-ethyl adjacent to an activating group) is 1. The van der Waals surface area contributed by atoms with Gasteiger partial charge in [-0.05, 0) is 24.6 Å². The fourth-order valence-corrected chi connectivity index (χ4v) is 1.43. The zero-order valence-electron chi connectivity index (χ0n) is 10.7. The van der Waals surface area contributed by atoms with E-state index >= 15 is 0 Å². The summed E-state index contributed by atoms with van der Waals surface area (Å²) < 4.78 is 0. The highest BCUT2D eigenvalue weighted by atomic mass is 16.2. The minimum Gasteiger partial charge on any atom is -0.376 e. The molecule has 0 aromatic heterocycles. The summed E-state index contributed by atoms with van der Waals surface area (Å²) in [5.41, 5.74) is 1.53. The molecule has 1 rings (SSSR count). The number of benzene rings is 1. The van der Waals surface area contributed by atoms with Crippen molar-refractivity contribution in [3.8, 4) is 0 Å². The molecule has 98 valence electrons. The van der Waals surface area contributed by atoms with Gasteiger partial charge in [-0.1, -0.05) is 13.0 Å². The van der Waals surface area contributed by atoms with Crippen LogP contribution in [0.2, 0.25) is 0 Å². The predicted octanol–water partition coefficient (Wildman–Crippen LogP) is 1.58. The zero-order chi connectivity index (χ0) is 13.4. The molecule has 18 heavy (non-hydrogen) atoms. The third kappa shape index (κ3) is 4.86. The molecule has 0 saturated carbocycles. The van der Waals surface area contributed by atoms with Crippen LogP contribution in [-0.2, 0) is 9.59 Å². The zero-order valence-corrected chi connectivity index (χ0v) is 10.7. The monoisotopic (exact) mass is 249 g/mol. The van der Waals surface area contributed by atoms with E-state index < -0.39 is 0 Å². The number of rotatable bonds is 6. The quantitative estimate of drug-likeness (QED) is 0.717.